The molecule has 0 N–H and O–H groups in total. The zero-order chi connectivity index (χ0) is 79.5. The largest absolute Gasteiger partial charge is 0.416 e. The molecule has 2 aliphatic heterocycles. The van der Waals surface area contributed by atoms with Gasteiger partial charge in [-0.2, -0.15) is 105 Å². The van der Waals surface area contributed by atoms with Crippen molar-refractivity contribution in [2.45, 2.75) is 87.9 Å². The van der Waals surface area contributed by atoms with Gasteiger partial charge in [-0.25, -0.2) is 0 Å². The molecule has 0 aromatic heterocycles. The van der Waals surface area contributed by atoms with E-state index in [1.165, 1.54) is 12.1 Å². The van der Waals surface area contributed by atoms with Crippen molar-refractivity contribution in [3.8, 4) is 77.9 Å². The Kier molecular flexibility index (Phi) is 19.4. The molecule has 0 bridgehead atoms. The summed E-state index contributed by atoms with van der Waals surface area (Å²) in [6.07, 6.45) is -46.0. The van der Waals surface area contributed by atoms with Crippen molar-refractivity contribution in [2.75, 3.05) is 13.1 Å². The predicted octanol–water partition coefficient (Wildman–Crippen LogP) is 26.8. The van der Waals surface area contributed by atoms with E-state index in [2.05, 4.69) is 0 Å². The maximum atomic E-state index is 14.9. The van der Waals surface area contributed by atoms with Gasteiger partial charge < -0.3 is 14.0 Å². The molecule has 111 heavy (non-hydrogen) atoms. The number of halogens is 24. The number of nitrogens with zero attached hydrogens (tertiary/aromatic N) is 1. The Morgan fingerprint density at radius 2 is 0.477 bits per heavy atom. The Morgan fingerprint density at radius 1 is 0.252 bits per heavy atom. The third kappa shape index (κ3) is 16.2. The molecule has 1 fully saturated rings. The van der Waals surface area contributed by atoms with Crippen LogP contribution in [0.1, 0.15) is 66.8 Å². The smallest absolute Gasteiger partial charge is 0.365 e. The molecule has 572 valence electrons. The summed E-state index contributed by atoms with van der Waals surface area (Å²) in [5.74, 6) is 0. The summed E-state index contributed by atoms with van der Waals surface area (Å²) in [5, 5.41) is 1.20. The molecule has 0 amide bonds. The van der Waals surface area contributed by atoms with Crippen LogP contribution in [0.3, 0.4) is 0 Å². The minimum absolute atomic E-state index is 0.00685. The molecule has 14 rings (SSSR count). The topological polar surface area (TPSA) is 18.5 Å². The van der Waals surface area contributed by atoms with Crippen molar-refractivity contribution in [2.24, 2.45) is 0 Å². The van der Waals surface area contributed by atoms with Gasteiger partial charge in [-0.05, 0) is 221 Å². The second-order valence-corrected chi connectivity index (χ2v) is 27.5. The molecule has 2 heterocycles. The number of ether oxygens (including phenoxy) is 2. The van der Waals surface area contributed by atoms with Gasteiger partial charge in [0.2, 0.25) is 0 Å². The molecule has 3 nitrogen and oxygen atoms in total. The Hall–Kier alpha value is -10.6. The SMILES string of the molecule is FC(F)(F)c1cc(-c2cc(-c3cc(C(F)(F)F)cc(C(F)(F)F)c3)cc(-c3cc4ccccc4c4c3C[N+]3(Cc5c(-c6cc(-c7cc(C(F)(F)F)cc(C(F)(F)F)c7)cc(-c7cc(C(F)(F)F)cc(C(F)(F)F)c7)c6)cc6ccccc6c5-4)C[C@H](OCc4ccccc4)[C@@H](OCc4ccccc4)C3)c2)cc(C(F)(F)F)c1. The molecule has 1 saturated heterocycles. The highest BCUT2D eigenvalue weighted by atomic mass is 19.4. The summed E-state index contributed by atoms with van der Waals surface area (Å²) < 4.78 is 372. The summed E-state index contributed by atoms with van der Waals surface area (Å²) >= 11 is 0. The first-order chi connectivity index (χ1) is 51.9. The Morgan fingerprint density at radius 3 is 0.730 bits per heavy atom. The fourth-order valence-corrected chi connectivity index (χ4v) is 14.8. The third-order valence-corrected chi connectivity index (χ3v) is 19.9. The average molecular weight is 1560 g/mol. The van der Waals surface area contributed by atoms with E-state index < -0.39 is 151 Å². The van der Waals surface area contributed by atoms with Crippen LogP contribution in [0.15, 0.2) is 231 Å². The van der Waals surface area contributed by atoms with Gasteiger partial charge in [0, 0.05) is 22.3 Å². The molecule has 0 radical (unpaired) electrons. The molecule has 0 aliphatic carbocycles. The second-order valence-electron chi connectivity index (χ2n) is 27.5. The number of fused-ring (bicyclic) bond motifs is 7. The molecule has 12 aromatic rings. The predicted molar refractivity (Wildman–Crippen MR) is 367 cm³/mol. The van der Waals surface area contributed by atoms with E-state index in [1.807, 2.05) is 0 Å². The van der Waals surface area contributed by atoms with Gasteiger partial charge in [0.15, 0.2) is 0 Å². The summed E-state index contributed by atoms with van der Waals surface area (Å²) in [5.41, 5.74) is -18.9. The molecule has 27 heteroatoms. The van der Waals surface area contributed by atoms with Gasteiger partial charge >= 0.3 is 49.4 Å². The molecule has 0 unspecified atom stereocenters. The highest BCUT2D eigenvalue weighted by Gasteiger charge is 2.51. The molecular weight excluding hydrogens is 1510 g/mol. The van der Waals surface area contributed by atoms with Crippen molar-refractivity contribution < 1.29 is 119 Å². The van der Waals surface area contributed by atoms with Crippen molar-refractivity contribution in [3.05, 3.63) is 297 Å². The molecule has 2 atom stereocenters. The van der Waals surface area contributed by atoms with Gasteiger partial charge in [0.1, 0.15) is 38.4 Å². The standard InChI is InChI=1S/C84H52F24NO2/c85-77(86,87)59-25-53(26-60(35-59)78(88,89)90)49-19-50(54-27-61(79(91,92)93)36-62(28-54)80(94,95)96)22-57(21-49)69-33-47-15-7-9-17-67(47)75-71(69)39-109(41-73(110-43-45-11-3-1-4-12-45)74(42-109)111-44-46-13-5-2-6-14-46)40-72-70(34-48-16-8-10-18-68(48)76(72)75)58-23-51(55-29-63(81(97,98)99)37-64(30-55)82(100,101)102)20-52(24-58)56-31-65(83(103,104)105)38-66(32-56)84(106,107)108/h1-38,73-74H,39-44H2/q+1/t73-,74-/m0/s1. The normalized spacial score (nSPS) is 15.8. The number of quaternary nitrogens is 1. The maximum absolute atomic E-state index is 14.9. The summed E-state index contributed by atoms with van der Waals surface area (Å²) in [4.78, 5) is 0. The summed E-state index contributed by atoms with van der Waals surface area (Å²) in [6, 6.07) is 41.1. The Labute approximate surface area is 614 Å². The van der Waals surface area contributed by atoms with E-state index >= 15 is 0 Å². The zero-order valence-electron chi connectivity index (χ0n) is 56.7. The molecule has 2 aliphatic rings. The lowest BCUT2D eigenvalue weighted by Crippen LogP contribution is -2.45. The highest BCUT2D eigenvalue weighted by Crippen LogP contribution is 2.54. The van der Waals surface area contributed by atoms with Crippen LogP contribution in [-0.4, -0.2) is 29.8 Å². The third-order valence-electron chi connectivity index (χ3n) is 19.9. The van der Waals surface area contributed by atoms with Gasteiger partial charge in [-0.1, -0.05) is 109 Å². The van der Waals surface area contributed by atoms with Gasteiger partial charge in [-0.3, -0.25) is 0 Å². The fourth-order valence-electron chi connectivity index (χ4n) is 14.8. The lowest BCUT2D eigenvalue weighted by Gasteiger charge is -2.35. The first-order valence-corrected chi connectivity index (χ1v) is 33.7. The van der Waals surface area contributed by atoms with Crippen molar-refractivity contribution in [1.29, 1.82) is 0 Å². The zero-order valence-corrected chi connectivity index (χ0v) is 56.7. The molecule has 1 spiro atoms. The monoisotopic (exact) mass is 1560 g/mol. The van der Waals surface area contributed by atoms with E-state index in [1.54, 1.807) is 109 Å². The van der Waals surface area contributed by atoms with Gasteiger partial charge in [0.05, 0.1) is 57.7 Å². The van der Waals surface area contributed by atoms with Crippen molar-refractivity contribution >= 4 is 21.5 Å². The number of rotatable bonds is 12. The minimum atomic E-state index is -5.50. The van der Waals surface area contributed by atoms with Crippen LogP contribution < -0.4 is 0 Å². The number of hydrogen-bond acceptors (Lipinski definition) is 2. The molecule has 0 saturated carbocycles. The molecule has 12 aromatic carbocycles. The van der Waals surface area contributed by atoms with E-state index in [0.717, 1.165) is 36.4 Å². The number of benzene rings is 12. The van der Waals surface area contributed by atoms with E-state index in [9.17, 15) is 105 Å². The van der Waals surface area contributed by atoms with Crippen LogP contribution in [-0.2, 0) is 85.2 Å². The maximum Gasteiger partial charge on any atom is 0.416 e. The van der Waals surface area contributed by atoms with Crippen molar-refractivity contribution in [1.82, 2.24) is 0 Å². The van der Waals surface area contributed by atoms with Crippen LogP contribution >= 0.6 is 0 Å². The Bertz CT molecular complexity index is 4910. The molecular formula is C84H52F24NO2+. The lowest BCUT2D eigenvalue weighted by atomic mass is 9.81. The number of alkyl halides is 24. The van der Waals surface area contributed by atoms with E-state index in [-0.39, 0.29) is 123 Å². The fraction of sp³-hybridized carbons (Fsp3) is 0.190. The summed E-state index contributed by atoms with van der Waals surface area (Å²) in [7, 11) is 0. The highest BCUT2D eigenvalue weighted by molar-refractivity contribution is 6.12. The van der Waals surface area contributed by atoms with Crippen molar-refractivity contribution in [3.63, 3.8) is 0 Å². The van der Waals surface area contributed by atoms with Gasteiger partial charge in [0.25, 0.3) is 0 Å². The first-order valence-electron chi connectivity index (χ1n) is 33.7. The lowest BCUT2D eigenvalue weighted by molar-refractivity contribution is -0.944. The van der Waals surface area contributed by atoms with Crippen LogP contribution in [0, 0.1) is 0 Å². The van der Waals surface area contributed by atoms with E-state index in [4.69, 9.17) is 9.47 Å². The minimum Gasteiger partial charge on any atom is -0.365 e. The average Bonchev–Trinajstić information content (AvgIpc) is 1.62. The van der Waals surface area contributed by atoms with Gasteiger partial charge in [-0.15, -0.1) is 0 Å². The van der Waals surface area contributed by atoms with Crippen LogP contribution in [0.2, 0.25) is 0 Å². The quantitative estimate of drug-likeness (QED) is 0.0897. The van der Waals surface area contributed by atoms with Crippen LogP contribution in [0.4, 0.5) is 105 Å². The van der Waals surface area contributed by atoms with Crippen LogP contribution in [0.5, 0.6) is 0 Å². The first kappa shape index (κ1) is 77.1. The summed E-state index contributed by atoms with van der Waals surface area (Å²) in [6.45, 7) is -0.923. The number of hydrogen-bond donors (Lipinski definition) is 0. The Balaban J connectivity index is 1.13. The van der Waals surface area contributed by atoms with Crippen LogP contribution in [0.25, 0.3) is 99.4 Å². The second kappa shape index (κ2) is 28.0. The van der Waals surface area contributed by atoms with E-state index in [0.29, 0.717) is 70.4 Å².